The number of benzene rings is 1. The summed E-state index contributed by atoms with van der Waals surface area (Å²) >= 11 is 0. The van der Waals surface area contributed by atoms with Crippen molar-refractivity contribution < 1.29 is 19.3 Å². The van der Waals surface area contributed by atoms with Crippen LogP contribution in [0, 0.1) is 6.92 Å². The molecule has 0 bridgehead atoms. The molecule has 4 aliphatic rings. The fraction of sp³-hybridized carbons (Fsp3) is 0.500. The minimum Gasteiger partial charge on any atom is -0.432 e. The van der Waals surface area contributed by atoms with E-state index in [-0.39, 0.29) is 0 Å². The number of carbonyl (C=O) groups is 1. The Hall–Kier alpha value is -3.99. The lowest BCUT2D eigenvalue weighted by molar-refractivity contribution is -0.132. The Labute approximate surface area is 252 Å². The highest BCUT2D eigenvalue weighted by atomic mass is 19.1. The van der Waals surface area contributed by atoms with Crippen LogP contribution < -0.4 is 25.7 Å². The Kier molecular flexibility index (Phi) is 7.85. The molecule has 228 valence electrons. The largest absolute Gasteiger partial charge is 0.432 e. The van der Waals surface area contributed by atoms with Crippen LogP contribution in [0.3, 0.4) is 0 Å². The van der Waals surface area contributed by atoms with E-state index in [1.807, 2.05) is 12.1 Å². The second-order valence-corrected chi connectivity index (χ2v) is 12.3. The topological polar surface area (TPSA) is 117 Å². The van der Waals surface area contributed by atoms with Gasteiger partial charge in [0.15, 0.2) is 12.0 Å². The van der Waals surface area contributed by atoms with Gasteiger partial charge in [-0.1, -0.05) is 12.6 Å². The first kappa shape index (κ1) is 29.1. The number of anilines is 3. The minimum atomic E-state index is -0.906. The number of halogens is 1. The molecule has 10 nitrogen and oxygen atoms in total. The van der Waals surface area contributed by atoms with Crippen molar-refractivity contribution in [2.24, 2.45) is 0 Å². The minimum absolute atomic E-state index is 0.315. The molecule has 1 aromatic heterocycles. The normalized spacial score (nSPS) is 21.7. The summed E-state index contributed by atoms with van der Waals surface area (Å²) in [5.41, 5.74) is 11.6. The maximum atomic E-state index is 13.9. The third kappa shape index (κ3) is 5.58. The summed E-state index contributed by atoms with van der Waals surface area (Å²) < 4.78 is 19.9. The molecule has 1 aliphatic carbocycles. The number of rotatable bonds is 7. The number of fused-ring (bicyclic) bond motifs is 1. The van der Waals surface area contributed by atoms with E-state index < -0.39 is 17.3 Å². The molecule has 11 heteroatoms. The summed E-state index contributed by atoms with van der Waals surface area (Å²) in [5, 5.41) is 6.03. The molecule has 1 spiro atoms. The van der Waals surface area contributed by atoms with Crippen molar-refractivity contribution in [2.45, 2.75) is 57.0 Å². The van der Waals surface area contributed by atoms with Crippen molar-refractivity contribution in [1.82, 2.24) is 19.8 Å². The van der Waals surface area contributed by atoms with E-state index in [1.54, 1.807) is 17.4 Å². The maximum absolute atomic E-state index is 13.9. The van der Waals surface area contributed by atoms with E-state index in [4.69, 9.17) is 25.8 Å². The average Bonchev–Trinajstić information content (AvgIpc) is 3.69. The van der Waals surface area contributed by atoms with E-state index in [9.17, 15) is 9.18 Å². The molecule has 6 rings (SSSR count). The predicted molar refractivity (Wildman–Crippen MR) is 166 cm³/mol. The van der Waals surface area contributed by atoms with Crippen molar-refractivity contribution in [3.8, 4) is 6.01 Å². The number of likely N-dealkylation sites (tertiary alicyclic amines) is 1. The van der Waals surface area contributed by atoms with Crippen molar-refractivity contribution in [1.29, 1.82) is 0 Å². The summed E-state index contributed by atoms with van der Waals surface area (Å²) in [4.78, 5) is 31.0. The molecular formula is C32H42FN8O2+. The number of likely N-dealkylation sites (N-methyl/N-ethyl adjacent to an activating group) is 1. The van der Waals surface area contributed by atoms with Crippen LogP contribution in [0.1, 0.15) is 48.1 Å². The van der Waals surface area contributed by atoms with Crippen molar-refractivity contribution in [3.63, 3.8) is 0 Å². The first-order chi connectivity index (χ1) is 20.7. The fourth-order valence-electron chi connectivity index (χ4n) is 6.99. The summed E-state index contributed by atoms with van der Waals surface area (Å²) in [6, 6.07) is 4.58. The van der Waals surface area contributed by atoms with Crippen LogP contribution in [0.2, 0.25) is 0 Å². The van der Waals surface area contributed by atoms with Gasteiger partial charge >= 0.3 is 6.01 Å². The van der Waals surface area contributed by atoms with Gasteiger partial charge in [-0.15, -0.1) is 0 Å². The van der Waals surface area contributed by atoms with Gasteiger partial charge in [-0.25, -0.2) is 4.39 Å². The van der Waals surface area contributed by atoms with Crippen LogP contribution in [0.4, 0.5) is 21.6 Å². The van der Waals surface area contributed by atoms with Gasteiger partial charge in [0.25, 0.3) is 5.91 Å². The zero-order valence-corrected chi connectivity index (χ0v) is 25.2. The molecule has 1 atom stereocenters. The molecule has 1 amide bonds. The van der Waals surface area contributed by atoms with Crippen molar-refractivity contribution in [2.75, 3.05) is 61.8 Å². The number of hydrogen-bond donors (Lipinski definition) is 2. The van der Waals surface area contributed by atoms with Gasteiger partial charge in [0, 0.05) is 56.4 Å². The van der Waals surface area contributed by atoms with Crippen LogP contribution in [-0.4, -0.2) is 89.8 Å². The van der Waals surface area contributed by atoms with Gasteiger partial charge < -0.3 is 25.2 Å². The molecule has 3 fully saturated rings. The molecule has 1 unspecified atom stereocenters. The van der Waals surface area contributed by atoms with Crippen LogP contribution in [0.25, 0.3) is 0 Å². The predicted octanol–water partition coefficient (Wildman–Crippen LogP) is 1.80. The van der Waals surface area contributed by atoms with Crippen molar-refractivity contribution in [3.05, 3.63) is 59.3 Å². The second-order valence-electron chi connectivity index (χ2n) is 12.3. The quantitative estimate of drug-likeness (QED) is 0.218. The third-order valence-corrected chi connectivity index (χ3v) is 9.54. The van der Waals surface area contributed by atoms with Crippen molar-refractivity contribution >= 4 is 29.3 Å². The van der Waals surface area contributed by atoms with E-state index in [1.165, 1.54) is 6.42 Å². The summed E-state index contributed by atoms with van der Waals surface area (Å²) in [6.45, 7) is 9.43. The first-order valence-corrected chi connectivity index (χ1v) is 15.2. The van der Waals surface area contributed by atoms with Gasteiger partial charge in [0.2, 0.25) is 0 Å². The van der Waals surface area contributed by atoms with Gasteiger partial charge in [0.1, 0.15) is 5.82 Å². The Bertz CT molecular complexity index is 1470. The number of hydrogen-bond acceptors (Lipinski definition) is 8. The summed E-state index contributed by atoms with van der Waals surface area (Å²) in [6.07, 6.45) is 10.7. The fourth-order valence-corrected chi connectivity index (χ4v) is 6.99. The lowest BCUT2D eigenvalue weighted by atomic mass is 10.0. The highest BCUT2D eigenvalue weighted by molar-refractivity contribution is 5.93. The van der Waals surface area contributed by atoms with Crippen LogP contribution in [-0.2, 0) is 17.6 Å². The number of amides is 1. The number of aryl methyl sites for hydroxylation is 1. The highest BCUT2D eigenvalue weighted by Crippen LogP contribution is 2.46. The number of carbonyl (C=O) groups excluding carboxylic acids is 1. The Morgan fingerprint density at radius 3 is 2.65 bits per heavy atom. The number of nitrogens with zero attached hydrogens (tertiary/aromatic N) is 6. The monoisotopic (exact) mass is 589 g/mol. The average molecular weight is 590 g/mol. The Morgan fingerprint density at radius 1 is 1.16 bits per heavy atom. The maximum Gasteiger partial charge on any atom is 0.323 e. The number of nitrogen functional groups attached to an aromatic ring is 1. The number of aromatic nitrogens is 2. The van der Waals surface area contributed by atoms with Crippen LogP contribution in [0.15, 0.2) is 36.9 Å². The lowest BCUT2D eigenvalue weighted by Gasteiger charge is -2.43. The SMILES string of the molecule is C=C(F)C(=O)N1CCN(c2nc(O/C=C/C3CCCN3C)nc3c2CCN(c2c(C)ccc(N)c2C=[NH2+])CC3)CC12CC2. The number of ether oxygens (including phenoxy) is 1. The lowest BCUT2D eigenvalue weighted by Crippen LogP contribution is -2.57. The Balaban J connectivity index is 1.31. The third-order valence-electron chi connectivity index (χ3n) is 9.54. The van der Waals surface area contributed by atoms with Crippen LogP contribution >= 0.6 is 0 Å². The number of nitrogens with two attached hydrogens (primary N) is 2. The van der Waals surface area contributed by atoms with E-state index in [2.05, 4.69) is 41.3 Å². The molecule has 3 aliphatic heterocycles. The first-order valence-electron chi connectivity index (χ1n) is 15.2. The van der Waals surface area contributed by atoms with Gasteiger partial charge in [0.05, 0.1) is 28.7 Å². The van der Waals surface area contributed by atoms with Gasteiger partial charge in [-0.05, 0) is 70.3 Å². The molecule has 2 saturated heterocycles. The Morgan fingerprint density at radius 2 is 1.95 bits per heavy atom. The standard InChI is InChI=1S/C32H41FN8O2/c1-21-6-7-26(35)25(19-34)28(21)39-14-8-24-27(9-15-39)36-31(43-18-10-23-5-4-13-38(23)3)37-29(24)40-16-17-41(30(42)22(2)33)32(20-40)11-12-32/h6-7,10,18-19,23,34H,2,4-5,8-9,11-17,20,35H2,1,3H3/p+1/b18-10+,34-19?. The zero-order valence-electron chi connectivity index (χ0n) is 25.2. The van der Waals surface area contributed by atoms with E-state index in [0.29, 0.717) is 43.8 Å². The zero-order chi connectivity index (χ0) is 30.3. The molecule has 2 aromatic rings. The molecule has 4 heterocycles. The molecular weight excluding hydrogens is 547 g/mol. The van der Waals surface area contributed by atoms with E-state index in [0.717, 1.165) is 79.2 Å². The smallest absolute Gasteiger partial charge is 0.323 e. The summed E-state index contributed by atoms with van der Waals surface area (Å²) in [7, 11) is 2.12. The van der Waals surface area contributed by atoms with E-state index >= 15 is 0 Å². The highest BCUT2D eigenvalue weighted by Gasteiger charge is 2.54. The molecule has 1 saturated carbocycles. The van der Waals surface area contributed by atoms with Gasteiger partial charge in [-0.3, -0.25) is 15.1 Å². The summed E-state index contributed by atoms with van der Waals surface area (Å²) in [5.74, 6) is -0.678. The molecule has 1 aromatic carbocycles. The van der Waals surface area contributed by atoms with Crippen LogP contribution in [0.5, 0.6) is 6.01 Å². The molecule has 0 radical (unpaired) electrons. The van der Waals surface area contributed by atoms with Gasteiger partial charge in [-0.2, -0.15) is 9.97 Å². The molecule has 43 heavy (non-hydrogen) atoms. The number of piperazine rings is 1. The molecule has 4 N–H and O–H groups in total. The second kappa shape index (κ2) is 11.6.